The third kappa shape index (κ3) is 5.78. The number of carbonyl (C=O) groups is 2. The minimum Gasteiger partial charge on any atom is -0.444 e. The van der Waals surface area contributed by atoms with E-state index in [1.54, 1.807) is 11.1 Å². The van der Waals surface area contributed by atoms with Gasteiger partial charge in [0, 0.05) is 24.7 Å². The zero-order valence-electron chi connectivity index (χ0n) is 22.1. The van der Waals surface area contributed by atoms with Crippen LogP contribution in [0.15, 0.2) is 48.7 Å². The monoisotopic (exact) mass is 488 g/mol. The van der Waals surface area contributed by atoms with E-state index in [-0.39, 0.29) is 17.9 Å². The zero-order chi connectivity index (χ0) is 26.0. The molecule has 2 amide bonds. The molecular formula is C29H36N4O3. The van der Waals surface area contributed by atoms with Crippen LogP contribution in [0.5, 0.6) is 0 Å². The fraction of sp³-hybridized carbons (Fsp3) is 0.414. The molecule has 1 N–H and O–H groups in total. The van der Waals surface area contributed by atoms with Crippen LogP contribution in [0.3, 0.4) is 0 Å². The smallest absolute Gasteiger partial charge is 0.410 e. The second-order valence-corrected chi connectivity index (χ2v) is 10.7. The van der Waals surface area contributed by atoms with Gasteiger partial charge in [-0.25, -0.2) is 9.48 Å². The molecule has 2 aromatic carbocycles. The number of likely N-dealkylation sites (tertiary alicyclic amines) is 1. The van der Waals surface area contributed by atoms with Gasteiger partial charge in [0.05, 0.1) is 23.1 Å². The molecule has 4 rings (SSSR count). The standard InChI is InChI=1S/C29H36N4O3/c1-19-7-10-23(11-8-19)31-27(34)24-18-30-33(25-12-9-20(2)17-21(25)3)26(24)22-13-15-32(16-14-22)28(35)36-29(4,5)6/h7-12,17-18,22H,13-16H2,1-6H3,(H,31,34). The number of piperidine rings is 1. The van der Waals surface area contributed by atoms with E-state index in [2.05, 4.69) is 42.5 Å². The fourth-order valence-corrected chi connectivity index (χ4v) is 4.66. The number of aromatic nitrogens is 2. The van der Waals surface area contributed by atoms with Crippen LogP contribution < -0.4 is 5.32 Å². The maximum Gasteiger partial charge on any atom is 0.410 e. The zero-order valence-corrected chi connectivity index (χ0v) is 22.1. The minimum atomic E-state index is -0.531. The molecule has 36 heavy (non-hydrogen) atoms. The number of anilines is 1. The third-order valence-corrected chi connectivity index (χ3v) is 6.47. The summed E-state index contributed by atoms with van der Waals surface area (Å²) in [5.41, 5.74) is 6.02. The molecule has 1 aromatic heterocycles. The maximum atomic E-state index is 13.4. The van der Waals surface area contributed by atoms with Gasteiger partial charge in [-0.15, -0.1) is 0 Å². The molecule has 0 spiro atoms. The predicted molar refractivity (Wildman–Crippen MR) is 142 cm³/mol. The van der Waals surface area contributed by atoms with Crippen LogP contribution in [0, 0.1) is 20.8 Å². The second kappa shape index (κ2) is 10.2. The van der Waals surface area contributed by atoms with E-state index in [1.807, 2.05) is 56.6 Å². The normalized spacial score (nSPS) is 14.6. The molecule has 0 atom stereocenters. The molecule has 2 heterocycles. The first-order chi connectivity index (χ1) is 17.0. The molecule has 1 saturated heterocycles. The Morgan fingerprint density at radius 2 is 1.61 bits per heavy atom. The molecular weight excluding hydrogens is 452 g/mol. The van der Waals surface area contributed by atoms with E-state index in [1.165, 1.54) is 5.56 Å². The van der Waals surface area contributed by atoms with Crippen LogP contribution in [0.25, 0.3) is 5.69 Å². The second-order valence-electron chi connectivity index (χ2n) is 10.7. The largest absolute Gasteiger partial charge is 0.444 e. The van der Waals surface area contributed by atoms with Crippen LogP contribution >= 0.6 is 0 Å². The Bertz CT molecular complexity index is 1250. The molecule has 0 saturated carbocycles. The van der Waals surface area contributed by atoms with Crippen LogP contribution in [-0.4, -0.2) is 45.4 Å². The van der Waals surface area contributed by atoms with Gasteiger partial charge < -0.3 is 15.0 Å². The van der Waals surface area contributed by atoms with E-state index < -0.39 is 5.60 Å². The SMILES string of the molecule is Cc1ccc(NC(=O)c2cnn(-c3ccc(C)cc3C)c2C2CCN(C(=O)OC(C)(C)C)CC2)cc1. The lowest BCUT2D eigenvalue weighted by Gasteiger charge is -2.34. The van der Waals surface area contributed by atoms with Crippen molar-refractivity contribution in [3.8, 4) is 5.69 Å². The Balaban J connectivity index is 1.64. The molecule has 0 aliphatic carbocycles. The number of rotatable bonds is 4. The summed E-state index contributed by atoms with van der Waals surface area (Å²) in [5.74, 6) is -0.106. The number of nitrogens with one attached hydrogen (secondary N) is 1. The topological polar surface area (TPSA) is 76.5 Å². The van der Waals surface area contributed by atoms with Crippen molar-refractivity contribution < 1.29 is 14.3 Å². The van der Waals surface area contributed by atoms with E-state index >= 15 is 0 Å². The van der Waals surface area contributed by atoms with Gasteiger partial charge in [0.25, 0.3) is 5.91 Å². The van der Waals surface area contributed by atoms with E-state index in [4.69, 9.17) is 4.74 Å². The summed E-state index contributed by atoms with van der Waals surface area (Å²) in [6.45, 7) is 12.9. The summed E-state index contributed by atoms with van der Waals surface area (Å²) in [4.78, 5) is 27.8. The van der Waals surface area contributed by atoms with Gasteiger partial charge in [0.1, 0.15) is 5.60 Å². The third-order valence-electron chi connectivity index (χ3n) is 6.47. The van der Waals surface area contributed by atoms with Crippen molar-refractivity contribution in [2.45, 2.75) is 65.9 Å². The number of hydrogen-bond donors (Lipinski definition) is 1. The van der Waals surface area contributed by atoms with Crippen LogP contribution in [0.2, 0.25) is 0 Å². The van der Waals surface area contributed by atoms with Crippen molar-refractivity contribution in [1.29, 1.82) is 0 Å². The van der Waals surface area contributed by atoms with Gasteiger partial charge >= 0.3 is 6.09 Å². The number of ether oxygens (including phenoxy) is 1. The van der Waals surface area contributed by atoms with Crippen molar-refractivity contribution in [2.24, 2.45) is 0 Å². The summed E-state index contributed by atoms with van der Waals surface area (Å²) >= 11 is 0. The van der Waals surface area contributed by atoms with Gasteiger partial charge in [-0.1, -0.05) is 35.4 Å². The van der Waals surface area contributed by atoms with Crippen LogP contribution in [0.1, 0.15) is 72.3 Å². The molecule has 190 valence electrons. The Kier molecular flexibility index (Phi) is 7.20. The van der Waals surface area contributed by atoms with Gasteiger partial charge in [-0.05, 0) is 78.1 Å². The maximum absolute atomic E-state index is 13.4. The van der Waals surface area contributed by atoms with E-state index in [9.17, 15) is 9.59 Å². The Hall–Kier alpha value is -3.61. The first kappa shape index (κ1) is 25.5. The van der Waals surface area contributed by atoms with Crippen molar-refractivity contribution in [1.82, 2.24) is 14.7 Å². The number of benzene rings is 2. The average Bonchev–Trinajstić information content (AvgIpc) is 3.24. The molecule has 0 bridgehead atoms. The quantitative estimate of drug-likeness (QED) is 0.477. The Morgan fingerprint density at radius 1 is 0.972 bits per heavy atom. The molecule has 1 fully saturated rings. The average molecular weight is 489 g/mol. The van der Waals surface area contributed by atoms with Gasteiger partial charge in [-0.3, -0.25) is 4.79 Å². The number of amides is 2. The first-order valence-corrected chi connectivity index (χ1v) is 12.5. The highest BCUT2D eigenvalue weighted by Gasteiger charge is 2.32. The molecule has 3 aromatic rings. The molecule has 1 aliphatic rings. The minimum absolute atomic E-state index is 0.0747. The van der Waals surface area contributed by atoms with Gasteiger partial charge in [-0.2, -0.15) is 5.10 Å². The summed E-state index contributed by atoms with van der Waals surface area (Å²) in [7, 11) is 0. The predicted octanol–water partition coefficient (Wildman–Crippen LogP) is 6.16. The Morgan fingerprint density at radius 3 is 2.22 bits per heavy atom. The fourth-order valence-electron chi connectivity index (χ4n) is 4.66. The lowest BCUT2D eigenvalue weighted by atomic mass is 9.90. The molecule has 0 radical (unpaired) electrons. The molecule has 7 heteroatoms. The summed E-state index contributed by atoms with van der Waals surface area (Å²) in [6, 6.07) is 14.0. The Labute approximate surface area is 213 Å². The van der Waals surface area contributed by atoms with Crippen molar-refractivity contribution >= 4 is 17.7 Å². The van der Waals surface area contributed by atoms with Crippen molar-refractivity contribution in [3.05, 3.63) is 76.6 Å². The highest BCUT2D eigenvalue weighted by molar-refractivity contribution is 6.05. The van der Waals surface area contributed by atoms with Crippen LogP contribution in [0.4, 0.5) is 10.5 Å². The van der Waals surface area contributed by atoms with Crippen molar-refractivity contribution in [2.75, 3.05) is 18.4 Å². The van der Waals surface area contributed by atoms with E-state index in [0.717, 1.165) is 41.0 Å². The number of carbonyl (C=O) groups excluding carboxylic acids is 2. The lowest BCUT2D eigenvalue weighted by molar-refractivity contribution is 0.0203. The molecule has 1 aliphatic heterocycles. The van der Waals surface area contributed by atoms with Gasteiger partial charge in [0.2, 0.25) is 0 Å². The van der Waals surface area contributed by atoms with Crippen LogP contribution in [-0.2, 0) is 4.74 Å². The van der Waals surface area contributed by atoms with Crippen molar-refractivity contribution in [3.63, 3.8) is 0 Å². The highest BCUT2D eigenvalue weighted by Crippen LogP contribution is 2.34. The summed E-state index contributed by atoms with van der Waals surface area (Å²) in [5, 5.41) is 7.71. The summed E-state index contributed by atoms with van der Waals surface area (Å²) < 4.78 is 7.47. The molecule has 0 unspecified atom stereocenters. The lowest BCUT2D eigenvalue weighted by Crippen LogP contribution is -2.41. The number of aryl methyl sites for hydroxylation is 3. The first-order valence-electron chi connectivity index (χ1n) is 12.5. The molecule has 7 nitrogen and oxygen atoms in total. The number of nitrogens with zero attached hydrogens (tertiary/aromatic N) is 3. The number of hydrogen-bond acceptors (Lipinski definition) is 4. The van der Waals surface area contributed by atoms with E-state index in [0.29, 0.717) is 18.7 Å². The highest BCUT2D eigenvalue weighted by atomic mass is 16.6. The summed E-state index contributed by atoms with van der Waals surface area (Å²) in [6.07, 6.45) is 2.82. The van der Waals surface area contributed by atoms with Gasteiger partial charge in [0.15, 0.2) is 0 Å².